The number of fused-ring (bicyclic) bond motifs is 1. The van der Waals surface area contributed by atoms with Crippen molar-refractivity contribution in [2.75, 3.05) is 13.2 Å². The molecule has 1 heterocycles. The smallest absolute Gasteiger partial charge is 0.393 e. The van der Waals surface area contributed by atoms with Gasteiger partial charge in [0.25, 0.3) is 0 Å². The van der Waals surface area contributed by atoms with Crippen molar-refractivity contribution in [3.8, 4) is 5.75 Å². The first-order valence-electron chi connectivity index (χ1n) is 10.3. The number of nitrogens with two attached hydrogens (primary N) is 1. The minimum atomic E-state index is -4.50. The summed E-state index contributed by atoms with van der Waals surface area (Å²) in [6.45, 7) is 0.635. The zero-order chi connectivity index (χ0) is 23.4. The second kappa shape index (κ2) is 9.46. The van der Waals surface area contributed by atoms with E-state index in [1.165, 1.54) is 4.68 Å². The van der Waals surface area contributed by atoms with E-state index in [9.17, 15) is 17.6 Å². The van der Waals surface area contributed by atoms with Gasteiger partial charge in [0.15, 0.2) is 0 Å². The number of hydrogen-bond acceptors (Lipinski definition) is 3. The molecule has 0 aliphatic carbocycles. The number of halogens is 4. The number of allylic oxidation sites excluding steroid dienone is 1. The van der Waals surface area contributed by atoms with Gasteiger partial charge in [0, 0.05) is 12.1 Å². The number of aromatic nitrogens is 2. The molecule has 2 N–H and O–H groups in total. The zero-order valence-electron chi connectivity index (χ0n) is 17.5. The van der Waals surface area contributed by atoms with Gasteiger partial charge in [0.2, 0.25) is 5.95 Å². The lowest BCUT2D eigenvalue weighted by Gasteiger charge is -2.19. The second-order valence-corrected chi connectivity index (χ2v) is 7.37. The van der Waals surface area contributed by atoms with Gasteiger partial charge in [0.05, 0.1) is 23.0 Å². The predicted octanol–water partition coefficient (Wildman–Crippen LogP) is 5.88. The second-order valence-electron chi connectivity index (χ2n) is 7.37. The minimum absolute atomic E-state index is 0.0213. The maximum atomic E-state index is 14.7. The molecule has 33 heavy (non-hydrogen) atoms. The molecule has 1 aromatic heterocycles. The molecule has 4 aromatic rings. The lowest BCUT2D eigenvalue weighted by atomic mass is 9.96. The maximum Gasteiger partial charge on any atom is 0.393 e. The van der Waals surface area contributed by atoms with Gasteiger partial charge in [-0.3, -0.25) is 0 Å². The van der Waals surface area contributed by atoms with Gasteiger partial charge in [-0.2, -0.15) is 17.6 Å². The molecule has 0 saturated carbocycles. The molecule has 4 rings (SSSR count). The Bertz CT molecular complexity index is 1260. The third-order valence-electron chi connectivity index (χ3n) is 5.05. The number of para-hydroxylation sites is 1. The van der Waals surface area contributed by atoms with Crippen molar-refractivity contribution >= 4 is 22.2 Å². The largest absolute Gasteiger partial charge is 0.492 e. The zero-order valence-corrected chi connectivity index (χ0v) is 17.5. The number of ether oxygens (including phenoxy) is 1. The Labute approximate surface area is 187 Å². The topological polar surface area (TPSA) is 53.1 Å². The third-order valence-corrected chi connectivity index (χ3v) is 5.05. The fourth-order valence-electron chi connectivity index (χ4n) is 3.67. The Hall–Kier alpha value is -3.65. The summed E-state index contributed by atoms with van der Waals surface area (Å²) in [6, 6.07) is 21.3. The summed E-state index contributed by atoms with van der Waals surface area (Å²) >= 11 is 0. The van der Waals surface area contributed by atoms with E-state index in [2.05, 4.69) is 5.10 Å². The highest BCUT2D eigenvalue weighted by atomic mass is 19.4. The number of nitrogens with zero attached hydrogens (tertiary/aromatic N) is 2. The monoisotopic (exact) mass is 455 g/mol. The summed E-state index contributed by atoms with van der Waals surface area (Å²) < 4.78 is 62.6. The molecule has 8 heteroatoms. The van der Waals surface area contributed by atoms with Gasteiger partial charge in [-0.25, -0.2) is 4.68 Å². The lowest BCUT2D eigenvalue weighted by Crippen LogP contribution is -2.13. The van der Waals surface area contributed by atoms with Crippen LogP contribution in [-0.4, -0.2) is 29.1 Å². The SMILES string of the molecule is NCCOc1ccc(/C(=C(/CC(F)(F)F)c2ccccc2)n2nc(F)c3ccccc32)cc1. The molecule has 0 bridgehead atoms. The van der Waals surface area contributed by atoms with Crippen LogP contribution in [0.4, 0.5) is 17.6 Å². The summed E-state index contributed by atoms with van der Waals surface area (Å²) in [5.41, 5.74) is 6.75. The van der Waals surface area contributed by atoms with Gasteiger partial charge in [-0.05, 0) is 47.5 Å². The Morgan fingerprint density at radius 3 is 2.21 bits per heavy atom. The van der Waals surface area contributed by atoms with E-state index in [1.807, 2.05) is 0 Å². The summed E-state index contributed by atoms with van der Waals surface area (Å²) in [4.78, 5) is 0. The number of rotatable bonds is 7. The van der Waals surface area contributed by atoms with Crippen molar-refractivity contribution in [1.29, 1.82) is 0 Å². The molecule has 0 unspecified atom stereocenters. The van der Waals surface area contributed by atoms with Crippen LogP contribution in [0.25, 0.3) is 22.2 Å². The Morgan fingerprint density at radius 1 is 0.879 bits per heavy atom. The molecule has 0 atom stereocenters. The van der Waals surface area contributed by atoms with Gasteiger partial charge in [-0.1, -0.05) is 42.5 Å². The van der Waals surface area contributed by atoms with Crippen molar-refractivity contribution < 1.29 is 22.3 Å². The van der Waals surface area contributed by atoms with E-state index in [1.54, 1.807) is 78.9 Å². The average molecular weight is 455 g/mol. The number of benzene rings is 3. The highest BCUT2D eigenvalue weighted by Crippen LogP contribution is 2.38. The van der Waals surface area contributed by atoms with Crippen LogP contribution in [0.5, 0.6) is 5.75 Å². The lowest BCUT2D eigenvalue weighted by molar-refractivity contribution is -0.122. The number of alkyl halides is 3. The van der Waals surface area contributed by atoms with Crippen molar-refractivity contribution in [2.45, 2.75) is 12.6 Å². The molecule has 0 aliphatic heterocycles. The predicted molar refractivity (Wildman–Crippen MR) is 120 cm³/mol. The maximum absolute atomic E-state index is 14.7. The van der Waals surface area contributed by atoms with Gasteiger partial charge >= 0.3 is 6.18 Å². The van der Waals surface area contributed by atoms with Crippen LogP contribution in [0, 0.1) is 5.95 Å². The molecule has 0 aliphatic rings. The summed E-state index contributed by atoms with van der Waals surface area (Å²) in [7, 11) is 0. The van der Waals surface area contributed by atoms with Crippen molar-refractivity contribution in [2.24, 2.45) is 5.73 Å². The summed E-state index contributed by atoms with van der Waals surface area (Å²) in [5.74, 6) is -0.234. The van der Waals surface area contributed by atoms with Gasteiger partial charge < -0.3 is 10.5 Å². The molecule has 0 spiro atoms. The van der Waals surface area contributed by atoms with E-state index in [0.29, 0.717) is 35.5 Å². The molecule has 4 nitrogen and oxygen atoms in total. The molecular weight excluding hydrogens is 434 g/mol. The normalized spacial score (nSPS) is 12.6. The van der Waals surface area contributed by atoms with E-state index in [4.69, 9.17) is 10.5 Å². The van der Waals surface area contributed by atoms with E-state index in [-0.39, 0.29) is 16.7 Å². The van der Waals surface area contributed by atoms with E-state index >= 15 is 0 Å². The molecular formula is C25H21F4N3O. The van der Waals surface area contributed by atoms with Crippen LogP contribution in [0.15, 0.2) is 78.9 Å². The Balaban J connectivity index is 2.00. The van der Waals surface area contributed by atoms with E-state index < -0.39 is 18.5 Å². The van der Waals surface area contributed by atoms with Crippen LogP contribution in [0.1, 0.15) is 17.5 Å². The molecule has 170 valence electrons. The average Bonchev–Trinajstić information content (AvgIpc) is 3.14. The van der Waals surface area contributed by atoms with Crippen LogP contribution >= 0.6 is 0 Å². The standard InChI is InChI=1S/C25H21F4N3O/c26-24-20-8-4-5-9-22(20)32(31-24)23(18-10-12-19(13-11-18)33-15-14-30)21(16-25(27,28)29)17-6-2-1-3-7-17/h1-13H,14-16,30H2/b23-21+. The minimum Gasteiger partial charge on any atom is -0.492 e. The van der Waals surface area contributed by atoms with Crippen molar-refractivity contribution in [3.05, 3.63) is 95.9 Å². The van der Waals surface area contributed by atoms with E-state index in [0.717, 1.165) is 0 Å². The van der Waals surface area contributed by atoms with Crippen LogP contribution < -0.4 is 10.5 Å². The fraction of sp³-hybridized carbons (Fsp3) is 0.160. The fourth-order valence-corrected chi connectivity index (χ4v) is 3.67. The molecule has 0 radical (unpaired) electrons. The Morgan fingerprint density at radius 2 is 1.55 bits per heavy atom. The molecule has 3 aromatic carbocycles. The van der Waals surface area contributed by atoms with Crippen LogP contribution in [0.2, 0.25) is 0 Å². The molecule has 0 amide bonds. The Kier molecular flexibility index (Phi) is 6.46. The van der Waals surface area contributed by atoms with Crippen molar-refractivity contribution in [3.63, 3.8) is 0 Å². The van der Waals surface area contributed by atoms with Gasteiger partial charge in [-0.15, -0.1) is 5.10 Å². The highest BCUT2D eigenvalue weighted by molar-refractivity contribution is 5.95. The first-order valence-corrected chi connectivity index (χ1v) is 10.3. The quantitative estimate of drug-likeness (QED) is 0.280. The summed E-state index contributed by atoms with van der Waals surface area (Å²) in [5, 5.41) is 4.21. The molecule has 0 saturated heterocycles. The summed E-state index contributed by atoms with van der Waals surface area (Å²) in [6.07, 6.45) is -5.71. The van der Waals surface area contributed by atoms with Crippen molar-refractivity contribution in [1.82, 2.24) is 9.78 Å². The van der Waals surface area contributed by atoms with Crippen LogP contribution in [-0.2, 0) is 0 Å². The third kappa shape index (κ3) is 5.06. The first kappa shape index (κ1) is 22.5. The van der Waals surface area contributed by atoms with Gasteiger partial charge in [0.1, 0.15) is 12.4 Å². The molecule has 0 fully saturated rings. The first-order chi connectivity index (χ1) is 15.9. The van der Waals surface area contributed by atoms with Crippen LogP contribution in [0.3, 0.4) is 0 Å². The highest BCUT2D eigenvalue weighted by Gasteiger charge is 2.32. The number of hydrogen-bond donors (Lipinski definition) is 1.